The number of likely N-dealkylation sites (N-methyl/N-ethyl adjacent to an activating group) is 1. The van der Waals surface area contributed by atoms with E-state index in [4.69, 9.17) is 9.05 Å². The number of phosphoric acid groups is 1. The van der Waals surface area contributed by atoms with Crippen LogP contribution in [0.5, 0.6) is 0 Å². The van der Waals surface area contributed by atoms with E-state index in [1.165, 1.54) is 19.3 Å². The number of hydrogen-bond donors (Lipinski definition) is 3. The molecule has 0 radical (unpaired) electrons. The molecular formula is C46H80N2O6P+. The van der Waals surface area contributed by atoms with Crippen molar-refractivity contribution in [2.75, 3.05) is 40.9 Å². The van der Waals surface area contributed by atoms with Gasteiger partial charge in [0.25, 0.3) is 0 Å². The number of quaternary nitrogens is 1. The Bertz CT molecular complexity index is 1210. The van der Waals surface area contributed by atoms with Crippen molar-refractivity contribution in [3.05, 3.63) is 97.2 Å². The summed E-state index contributed by atoms with van der Waals surface area (Å²) in [6, 6.07) is -0.787. The highest BCUT2D eigenvalue weighted by Gasteiger charge is 2.28. The van der Waals surface area contributed by atoms with Crippen LogP contribution in [0.2, 0.25) is 0 Å². The Balaban J connectivity index is 4.28. The predicted molar refractivity (Wildman–Crippen MR) is 235 cm³/mol. The standard InChI is InChI=1S/C46H79N2O6P/c1-6-8-10-12-14-15-16-17-18-19-20-21-22-23-24-25-26-27-28-29-30-31-32-33-34-36-38-40-46(50)47-44(45(49)39-37-35-13-11-9-7-2)43-54-55(51,52)53-42-41-48(3,4)5/h8,10,14-15,17-18,20-21,23-24,26-27,29-30,32-33,44-45,49H,6-7,9,11-13,16,19,22,25,28,31,34-43H2,1-5H3,(H-,47,50,51,52)/p+1/b10-8-,15-14-,18-17-,21-20-,24-23-,27-26-,30-29-,33-32-. The van der Waals surface area contributed by atoms with Gasteiger partial charge in [0.15, 0.2) is 0 Å². The SMILES string of the molecule is CC/C=C\C/C=C\C/C=C\C/C=C\C/C=C\C/C=C\C/C=C\C/C=C\CCCCC(=O)NC(COP(=O)(O)OCC[N+](C)(C)C)C(O)CCCCCCCC. The van der Waals surface area contributed by atoms with Gasteiger partial charge >= 0.3 is 7.82 Å². The molecule has 0 aliphatic rings. The van der Waals surface area contributed by atoms with Crippen molar-refractivity contribution in [1.29, 1.82) is 0 Å². The van der Waals surface area contributed by atoms with Crippen LogP contribution in [0, 0.1) is 0 Å². The number of phosphoric ester groups is 1. The molecule has 0 rings (SSSR count). The largest absolute Gasteiger partial charge is 0.472 e. The minimum Gasteiger partial charge on any atom is -0.391 e. The van der Waals surface area contributed by atoms with Gasteiger partial charge in [-0.05, 0) is 77.0 Å². The number of carbonyl (C=O) groups is 1. The van der Waals surface area contributed by atoms with Crippen molar-refractivity contribution in [3.63, 3.8) is 0 Å². The lowest BCUT2D eigenvalue weighted by Crippen LogP contribution is -2.46. The van der Waals surface area contributed by atoms with E-state index in [1.807, 2.05) is 21.1 Å². The summed E-state index contributed by atoms with van der Waals surface area (Å²) in [5.74, 6) is -0.198. The van der Waals surface area contributed by atoms with Gasteiger partial charge in [-0.3, -0.25) is 13.8 Å². The quantitative estimate of drug-likeness (QED) is 0.0253. The van der Waals surface area contributed by atoms with E-state index in [9.17, 15) is 19.4 Å². The van der Waals surface area contributed by atoms with Gasteiger partial charge in [0.05, 0.1) is 39.9 Å². The lowest BCUT2D eigenvalue weighted by Gasteiger charge is -2.26. The van der Waals surface area contributed by atoms with Gasteiger partial charge in [0.1, 0.15) is 13.2 Å². The summed E-state index contributed by atoms with van der Waals surface area (Å²) >= 11 is 0. The summed E-state index contributed by atoms with van der Waals surface area (Å²) < 4.78 is 23.4. The zero-order valence-corrected chi connectivity index (χ0v) is 36.3. The third kappa shape index (κ3) is 39.5. The number of rotatable bonds is 36. The number of nitrogens with zero attached hydrogens (tertiary/aromatic N) is 1. The van der Waals surface area contributed by atoms with Gasteiger partial charge in [0, 0.05) is 6.42 Å². The number of amides is 1. The fourth-order valence-electron chi connectivity index (χ4n) is 5.23. The number of nitrogens with one attached hydrogen (secondary N) is 1. The van der Waals surface area contributed by atoms with Crippen molar-refractivity contribution in [1.82, 2.24) is 5.32 Å². The minimum absolute atomic E-state index is 0.0592. The van der Waals surface area contributed by atoms with Gasteiger partial charge < -0.3 is 19.8 Å². The smallest absolute Gasteiger partial charge is 0.391 e. The zero-order chi connectivity index (χ0) is 40.7. The fraction of sp³-hybridized carbons (Fsp3) is 0.630. The first-order valence-electron chi connectivity index (χ1n) is 21.1. The lowest BCUT2D eigenvalue weighted by molar-refractivity contribution is -0.870. The summed E-state index contributed by atoms with van der Waals surface area (Å²) in [6.07, 6.45) is 51.9. The number of aliphatic hydroxyl groups is 1. The van der Waals surface area contributed by atoms with Crippen LogP contribution >= 0.6 is 7.82 Å². The van der Waals surface area contributed by atoms with Gasteiger partial charge in [-0.2, -0.15) is 0 Å². The van der Waals surface area contributed by atoms with Crippen LogP contribution in [0.15, 0.2) is 97.2 Å². The minimum atomic E-state index is -4.32. The molecule has 0 spiro atoms. The highest BCUT2D eigenvalue weighted by Crippen LogP contribution is 2.43. The van der Waals surface area contributed by atoms with Crippen LogP contribution < -0.4 is 5.32 Å². The molecule has 314 valence electrons. The average molecular weight is 788 g/mol. The second kappa shape index (κ2) is 37.0. The Morgan fingerprint density at radius 3 is 1.56 bits per heavy atom. The molecule has 0 saturated heterocycles. The van der Waals surface area contributed by atoms with E-state index in [1.54, 1.807) is 0 Å². The third-order valence-electron chi connectivity index (χ3n) is 8.60. The molecule has 0 aromatic rings. The first-order chi connectivity index (χ1) is 26.5. The molecule has 0 aliphatic heterocycles. The molecule has 0 aliphatic carbocycles. The number of aliphatic hydroxyl groups excluding tert-OH is 1. The Labute approximate surface area is 337 Å². The Kier molecular flexibility index (Phi) is 35.3. The molecule has 9 heteroatoms. The highest BCUT2D eigenvalue weighted by molar-refractivity contribution is 7.47. The van der Waals surface area contributed by atoms with Crippen molar-refractivity contribution >= 4 is 13.7 Å². The van der Waals surface area contributed by atoms with Crippen molar-refractivity contribution in [3.8, 4) is 0 Å². The Hall–Kier alpha value is -2.58. The Morgan fingerprint density at radius 1 is 0.636 bits per heavy atom. The normalized spacial score (nSPS) is 15.4. The molecule has 0 fully saturated rings. The summed E-state index contributed by atoms with van der Waals surface area (Å²) in [6.45, 7) is 4.63. The van der Waals surface area contributed by atoms with Crippen molar-refractivity contribution < 1.29 is 32.9 Å². The molecule has 3 atom stereocenters. The van der Waals surface area contributed by atoms with E-state index in [-0.39, 0.29) is 19.1 Å². The second-order valence-electron chi connectivity index (χ2n) is 15.0. The first-order valence-corrected chi connectivity index (χ1v) is 22.6. The van der Waals surface area contributed by atoms with Gasteiger partial charge in [-0.15, -0.1) is 0 Å². The van der Waals surface area contributed by atoms with E-state index in [0.29, 0.717) is 30.3 Å². The van der Waals surface area contributed by atoms with Crippen LogP contribution in [0.1, 0.15) is 136 Å². The summed E-state index contributed by atoms with van der Waals surface area (Å²) in [5.41, 5.74) is 0. The molecule has 3 N–H and O–H groups in total. The topological polar surface area (TPSA) is 105 Å². The van der Waals surface area contributed by atoms with Crippen LogP contribution in [0.3, 0.4) is 0 Å². The lowest BCUT2D eigenvalue weighted by atomic mass is 10.0. The van der Waals surface area contributed by atoms with Crippen LogP contribution in [0.25, 0.3) is 0 Å². The van der Waals surface area contributed by atoms with Crippen LogP contribution in [-0.4, -0.2) is 73.4 Å². The second-order valence-corrected chi connectivity index (χ2v) is 16.4. The number of unbranched alkanes of at least 4 members (excludes halogenated alkanes) is 7. The average Bonchev–Trinajstić information content (AvgIpc) is 3.13. The molecule has 0 bridgehead atoms. The highest BCUT2D eigenvalue weighted by atomic mass is 31.2. The van der Waals surface area contributed by atoms with E-state index in [2.05, 4.69) is 116 Å². The van der Waals surface area contributed by atoms with Gasteiger partial charge in [0.2, 0.25) is 5.91 Å². The van der Waals surface area contributed by atoms with E-state index < -0.39 is 20.0 Å². The maximum Gasteiger partial charge on any atom is 0.472 e. The predicted octanol–water partition coefficient (Wildman–Crippen LogP) is 11.6. The zero-order valence-electron chi connectivity index (χ0n) is 35.4. The van der Waals surface area contributed by atoms with Crippen LogP contribution in [0.4, 0.5) is 0 Å². The van der Waals surface area contributed by atoms with Gasteiger partial charge in [-0.25, -0.2) is 4.57 Å². The molecule has 0 aromatic heterocycles. The summed E-state index contributed by atoms with van der Waals surface area (Å²) in [5, 5.41) is 13.7. The van der Waals surface area contributed by atoms with Gasteiger partial charge in [-0.1, -0.05) is 150 Å². The number of allylic oxidation sites excluding steroid dienone is 16. The monoisotopic (exact) mass is 788 g/mol. The molecule has 1 amide bonds. The first kappa shape index (κ1) is 52.4. The van der Waals surface area contributed by atoms with E-state index in [0.717, 1.165) is 83.5 Å². The fourth-order valence-corrected chi connectivity index (χ4v) is 5.97. The molecular weight excluding hydrogens is 707 g/mol. The molecule has 0 saturated carbocycles. The van der Waals surface area contributed by atoms with Crippen molar-refractivity contribution in [2.45, 2.75) is 148 Å². The number of carbonyl (C=O) groups excluding carboxylic acids is 1. The van der Waals surface area contributed by atoms with E-state index >= 15 is 0 Å². The summed E-state index contributed by atoms with van der Waals surface area (Å²) in [4.78, 5) is 22.9. The molecule has 8 nitrogen and oxygen atoms in total. The molecule has 55 heavy (non-hydrogen) atoms. The Morgan fingerprint density at radius 2 is 1.09 bits per heavy atom. The molecule has 0 heterocycles. The maximum atomic E-state index is 12.8. The summed E-state index contributed by atoms with van der Waals surface area (Å²) in [7, 11) is 1.56. The maximum absolute atomic E-state index is 12.8. The molecule has 0 aromatic carbocycles. The third-order valence-corrected chi connectivity index (χ3v) is 9.58. The van der Waals surface area contributed by atoms with Crippen molar-refractivity contribution in [2.24, 2.45) is 0 Å². The molecule has 3 unspecified atom stereocenters. The van der Waals surface area contributed by atoms with Crippen LogP contribution in [-0.2, 0) is 18.4 Å². The number of hydrogen-bond acceptors (Lipinski definition) is 5.